The van der Waals surface area contributed by atoms with Gasteiger partial charge in [0.15, 0.2) is 0 Å². The van der Waals surface area contributed by atoms with Crippen LogP contribution in [0.1, 0.15) is 78.1 Å². The Morgan fingerprint density at radius 2 is 1.88 bits per heavy atom. The molecule has 5 nitrogen and oxygen atoms in total. The summed E-state index contributed by atoms with van der Waals surface area (Å²) in [6, 6.07) is 0. The van der Waals surface area contributed by atoms with E-state index in [0.29, 0.717) is 12.8 Å². The molecule has 0 unspecified atom stereocenters. The van der Waals surface area contributed by atoms with E-state index in [9.17, 15) is 14.4 Å². The number of Topliss-reactive ketones (excluding diaryl/α,β-unsaturated/α-hetero) is 1. The van der Waals surface area contributed by atoms with Crippen LogP contribution in [0.25, 0.3) is 0 Å². The van der Waals surface area contributed by atoms with Crippen molar-refractivity contribution in [2.24, 2.45) is 11.8 Å². The lowest BCUT2D eigenvalue weighted by molar-refractivity contribution is -0.147. The van der Waals surface area contributed by atoms with Crippen LogP contribution in [0.5, 0.6) is 0 Å². The standard InChI is InChI=1S/C21H34O5/c1-4-5-6-9-13-18-17(19(23)15-20(18)26-16(2)22)12-10-7-8-11-14-21(24)25-3/h9,13,17-18,20H,4-8,10-12,14-15H2,1-3H3/t17-,18-,20-/m1/s1. The molecule has 0 aromatic carbocycles. The van der Waals surface area contributed by atoms with Gasteiger partial charge in [0.05, 0.1) is 7.11 Å². The summed E-state index contributed by atoms with van der Waals surface area (Å²) in [6.07, 6.45) is 12.5. The summed E-state index contributed by atoms with van der Waals surface area (Å²) in [6.45, 7) is 3.55. The molecule has 0 amide bonds. The summed E-state index contributed by atoms with van der Waals surface area (Å²) < 4.78 is 10.0. The predicted molar refractivity (Wildman–Crippen MR) is 101 cm³/mol. The first-order valence-electron chi connectivity index (χ1n) is 9.93. The van der Waals surface area contributed by atoms with Gasteiger partial charge in [-0.3, -0.25) is 14.4 Å². The number of ether oxygens (including phenoxy) is 2. The van der Waals surface area contributed by atoms with Crippen molar-refractivity contribution in [1.82, 2.24) is 0 Å². The van der Waals surface area contributed by atoms with Crippen LogP contribution in [0.4, 0.5) is 0 Å². The van der Waals surface area contributed by atoms with Gasteiger partial charge in [0, 0.05) is 31.6 Å². The Morgan fingerprint density at radius 1 is 1.15 bits per heavy atom. The second-order valence-electron chi connectivity index (χ2n) is 7.10. The third-order valence-electron chi connectivity index (χ3n) is 4.98. The highest BCUT2D eigenvalue weighted by Crippen LogP contribution is 2.36. The van der Waals surface area contributed by atoms with Crippen molar-refractivity contribution < 1.29 is 23.9 Å². The first-order valence-corrected chi connectivity index (χ1v) is 9.93. The van der Waals surface area contributed by atoms with Crippen molar-refractivity contribution >= 4 is 17.7 Å². The number of allylic oxidation sites excluding steroid dienone is 1. The van der Waals surface area contributed by atoms with Gasteiger partial charge in [0.25, 0.3) is 0 Å². The van der Waals surface area contributed by atoms with E-state index in [1.54, 1.807) is 0 Å². The maximum atomic E-state index is 12.4. The first-order chi connectivity index (χ1) is 12.5. The van der Waals surface area contributed by atoms with Crippen LogP contribution < -0.4 is 0 Å². The molecule has 1 aliphatic rings. The molecule has 0 aliphatic heterocycles. The molecule has 3 atom stereocenters. The SMILES string of the molecule is CCCCC=C[C@H]1[C@H](OC(C)=O)CC(=O)[C@@H]1CCCCCCC(=O)OC. The monoisotopic (exact) mass is 366 g/mol. The van der Waals surface area contributed by atoms with E-state index >= 15 is 0 Å². The number of carbonyl (C=O) groups is 3. The quantitative estimate of drug-likeness (QED) is 0.291. The summed E-state index contributed by atoms with van der Waals surface area (Å²) in [5.41, 5.74) is 0. The van der Waals surface area contributed by atoms with Gasteiger partial charge in [-0.05, 0) is 19.3 Å². The summed E-state index contributed by atoms with van der Waals surface area (Å²) >= 11 is 0. The molecule has 148 valence electrons. The number of rotatable bonds is 12. The van der Waals surface area contributed by atoms with Crippen LogP contribution in [-0.2, 0) is 23.9 Å². The van der Waals surface area contributed by atoms with Gasteiger partial charge >= 0.3 is 11.9 Å². The van der Waals surface area contributed by atoms with Crippen LogP contribution >= 0.6 is 0 Å². The molecule has 5 heteroatoms. The Hall–Kier alpha value is -1.65. The average Bonchev–Trinajstić information content (AvgIpc) is 2.88. The van der Waals surface area contributed by atoms with Gasteiger partial charge in [-0.15, -0.1) is 0 Å². The number of unbranched alkanes of at least 4 members (excludes halogenated alkanes) is 5. The lowest BCUT2D eigenvalue weighted by atomic mass is 9.88. The van der Waals surface area contributed by atoms with Gasteiger partial charge in [-0.1, -0.05) is 51.2 Å². The Labute approximate surface area is 157 Å². The summed E-state index contributed by atoms with van der Waals surface area (Å²) in [7, 11) is 1.40. The zero-order valence-corrected chi connectivity index (χ0v) is 16.5. The lowest BCUT2D eigenvalue weighted by Crippen LogP contribution is -2.23. The van der Waals surface area contributed by atoms with Crippen molar-refractivity contribution in [3.8, 4) is 0 Å². The van der Waals surface area contributed by atoms with E-state index in [4.69, 9.17) is 4.74 Å². The van der Waals surface area contributed by atoms with Crippen molar-refractivity contribution in [2.75, 3.05) is 7.11 Å². The summed E-state index contributed by atoms with van der Waals surface area (Å²) in [4.78, 5) is 34.9. The van der Waals surface area contributed by atoms with E-state index in [0.717, 1.165) is 51.4 Å². The van der Waals surface area contributed by atoms with Crippen LogP contribution in [-0.4, -0.2) is 30.9 Å². The molecule has 0 saturated heterocycles. The highest BCUT2D eigenvalue weighted by atomic mass is 16.5. The Kier molecular flexibility index (Phi) is 10.9. The van der Waals surface area contributed by atoms with E-state index in [-0.39, 0.29) is 35.7 Å². The number of hydrogen-bond donors (Lipinski definition) is 0. The van der Waals surface area contributed by atoms with Crippen molar-refractivity contribution in [3.05, 3.63) is 12.2 Å². The molecular weight excluding hydrogens is 332 g/mol. The van der Waals surface area contributed by atoms with Gasteiger partial charge < -0.3 is 9.47 Å². The van der Waals surface area contributed by atoms with Crippen LogP contribution in [0, 0.1) is 11.8 Å². The minimum absolute atomic E-state index is 0.00155. The number of methoxy groups -OCH3 is 1. The van der Waals surface area contributed by atoms with Crippen molar-refractivity contribution in [2.45, 2.75) is 84.2 Å². The third-order valence-corrected chi connectivity index (χ3v) is 4.98. The molecule has 0 aromatic rings. The van der Waals surface area contributed by atoms with Gasteiger partial charge in [0.2, 0.25) is 0 Å². The zero-order chi connectivity index (χ0) is 19.4. The van der Waals surface area contributed by atoms with Crippen LogP contribution in [0.3, 0.4) is 0 Å². The van der Waals surface area contributed by atoms with Gasteiger partial charge in [-0.2, -0.15) is 0 Å². The molecule has 0 bridgehead atoms. The molecule has 0 N–H and O–H groups in total. The molecule has 1 fully saturated rings. The highest BCUT2D eigenvalue weighted by Gasteiger charge is 2.42. The van der Waals surface area contributed by atoms with E-state index in [1.165, 1.54) is 14.0 Å². The fourth-order valence-electron chi connectivity index (χ4n) is 3.57. The smallest absolute Gasteiger partial charge is 0.305 e. The number of carbonyl (C=O) groups excluding carboxylic acids is 3. The predicted octanol–water partition coefficient (Wildman–Crippen LogP) is 4.38. The molecule has 0 radical (unpaired) electrons. The Balaban J connectivity index is 2.50. The Bertz CT molecular complexity index is 483. The lowest BCUT2D eigenvalue weighted by Gasteiger charge is -2.20. The fourth-order valence-corrected chi connectivity index (χ4v) is 3.57. The molecule has 1 saturated carbocycles. The van der Waals surface area contributed by atoms with Gasteiger partial charge in [0.1, 0.15) is 11.9 Å². The zero-order valence-electron chi connectivity index (χ0n) is 16.5. The maximum Gasteiger partial charge on any atom is 0.305 e. The van der Waals surface area contributed by atoms with Crippen molar-refractivity contribution in [3.63, 3.8) is 0 Å². The molecule has 26 heavy (non-hydrogen) atoms. The van der Waals surface area contributed by atoms with Crippen LogP contribution in [0.2, 0.25) is 0 Å². The normalized spacial score (nSPS) is 22.7. The topological polar surface area (TPSA) is 69.7 Å². The number of esters is 2. The second-order valence-corrected chi connectivity index (χ2v) is 7.10. The largest absolute Gasteiger partial charge is 0.469 e. The third kappa shape index (κ3) is 8.15. The molecule has 1 aliphatic carbocycles. The average molecular weight is 366 g/mol. The van der Waals surface area contributed by atoms with E-state index < -0.39 is 0 Å². The fraction of sp³-hybridized carbons (Fsp3) is 0.762. The van der Waals surface area contributed by atoms with Gasteiger partial charge in [-0.25, -0.2) is 0 Å². The molecule has 0 aromatic heterocycles. The first kappa shape index (κ1) is 22.4. The highest BCUT2D eigenvalue weighted by molar-refractivity contribution is 5.85. The molecule has 0 spiro atoms. The molecule has 0 heterocycles. The number of ketones is 1. The van der Waals surface area contributed by atoms with E-state index in [2.05, 4.69) is 23.8 Å². The summed E-state index contributed by atoms with van der Waals surface area (Å²) in [5, 5.41) is 0. The minimum atomic E-state index is -0.321. The summed E-state index contributed by atoms with van der Waals surface area (Å²) in [5.74, 6) is -0.345. The maximum absolute atomic E-state index is 12.4. The van der Waals surface area contributed by atoms with Crippen LogP contribution in [0.15, 0.2) is 12.2 Å². The number of hydrogen-bond acceptors (Lipinski definition) is 5. The molecular formula is C21H34O5. The van der Waals surface area contributed by atoms with Crippen molar-refractivity contribution in [1.29, 1.82) is 0 Å². The second kappa shape index (κ2) is 12.7. The van der Waals surface area contributed by atoms with E-state index in [1.807, 2.05) is 0 Å². The minimum Gasteiger partial charge on any atom is -0.469 e. The Morgan fingerprint density at radius 3 is 2.54 bits per heavy atom. The molecule has 1 rings (SSSR count).